The second-order valence-corrected chi connectivity index (χ2v) is 6.56. The lowest BCUT2D eigenvalue weighted by Crippen LogP contribution is -2.35. The van der Waals surface area contributed by atoms with E-state index in [-0.39, 0.29) is 5.54 Å². The van der Waals surface area contributed by atoms with Crippen LogP contribution >= 0.6 is 0 Å². The standard InChI is InChI=1S/C17H22N2O2/c1-17(2,3)18-10-15-13-8-6-11-5-7-12(20-4)9-14(11)16(13)21-19-15/h5,7,9,18H,6,8,10H2,1-4H3. The molecule has 112 valence electrons. The molecule has 1 aliphatic carbocycles. The van der Waals surface area contributed by atoms with E-state index in [9.17, 15) is 0 Å². The number of nitrogens with one attached hydrogen (secondary N) is 1. The van der Waals surface area contributed by atoms with Crippen molar-refractivity contribution in [3.8, 4) is 17.1 Å². The zero-order valence-electron chi connectivity index (χ0n) is 13.1. The molecular weight excluding hydrogens is 264 g/mol. The molecule has 0 saturated heterocycles. The first-order valence-corrected chi connectivity index (χ1v) is 7.37. The van der Waals surface area contributed by atoms with E-state index in [2.05, 4.69) is 37.3 Å². The Morgan fingerprint density at radius 2 is 2.10 bits per heavy atom. The molecule has 1 aliphatic rings. The Balaban J connectivity index is 1.93. The molecule has 0 fully saturated rings. The highest BCUT2D eigenvalue weighted by Gasteiger charge is 2.25. The van der Waals surface area contributed by atoms with Gasteiger partial charge in [0.15, 0.2) is 5.76 Å². The fourth-order valence-electron chi connectivity index (χ4n) is 2.67. The molecule has 1 aromatic carbocycles. The first-order valence-electron chi connectivity index (χ1n) is 7.37. The molecule has 0 spiro atoms. The van der Waals surface area contributed by atoms with Gasteiger partial charge in [-0.25, -0.2) is 0 Å². The van der Waals surface area contributed by atoms with Crippen LogP contribution in [0.1, 0.15) is 37.6 Å². The van der Waals surface area contributed by atoms with Crippen molar-refractivity contribution in [1.82, 2.24) is 10.5 Å². The number of methoxy groups -OCH3 is 1. The summed E-state index contributed by atoms with van der Waals surface area (Å²) in [6.45, 7) is 7.20. The van der Waals surface area contributed by atoms with Crippen LogP contribution in [0.25, 0.3) is 11.3 Å². The molecule has 0 atom stereocenters. The van der Waals surface area contributed by atoms with Gasteiger partial charge in [0.1, 0.15) is 11.4 Å². The van der Waals surface area contributed by atoms with E-state index >= 15 is 0 Å². The highest BCUT2D eigenvalue weighted by molar-refractivity contribution is 5.70. The third-order valence-electron chi connectivity index (χ3n) is 3.86. The van der Waals surface area contributed by atoms with E-state index in [1.807, 2.05) is 12.1 Å². The third-order valence-corrected chi connectivity index (χ3v) is 3.86. The molecule has 1 aromatic heterocycles. The van der Waals surface area contributed by atoms with Crippen molar-refractivity contribution in [1.29, 1.82) is 0 Å². The van der Waals surface area contributed by atoms with Crippen molar-refractivity contribution in [3.05, 3.63) is 35.0 Å². The number of hydrogen-bond donors (Lipinski definition) is 1. The zero-order valence-corrected chi connectivity index (χ0v) is 13.1. The molecule has 1 heterocycles. The number of fused-ring (bicyclic) bond motifs is 3. The van der Waals surface area contributed by atoms with E-state index in [4.69, 9.17) is 9.26 Å². The van der Waals surface area contributed by atoms with Crippen LogP contribution in [-0.4, -0.2) is 17.8 Å². The summed E-state index contributed by atoms with van der Waals surface area (Å²) in [5, 5.41) is 7.75. The van der Waals surface area contributed by atoms with Crippen LogP contribution in [0.4, 0.5) is 0 Å². The fraction of sp³-hybridized carbons (Fsp3) is 0.471. The van der Waals surface area contributed by atoms with Crippen molar-refractivity contribution in [2.24, 2.45) is 0 Å². The SMILES string of the molecule is COc1ccc2c(c1)-c1onc(CNC(C)(C)C)c1CC2. The largest absolute Gasteiger partial charge is 0.497 e. The van der Waals surface area contributed by atoms with Crippen molar-refractivity contribution in [3.63, 3.8) is 0 Å². The van der Waals surface area contributed by atoms with E-state index in [0.717, 1.165) is 42.2 Å². The van der Waals surface area contributed by atoms with Crippen molar-refractivity contribution in [2.75, 3.05) is 7.11 Å². The summed E-state index contributed by atoms with van der Waals surface area (Å²) in [7, 11) is 1.69. The molecule has 0 aliphatic heterocycles. The Morgan fingerprint density at radius 1 is 1.29 bits per heavy atom. The minimum atomic E-state index is 0.0711. The zero-order chi connectivity index (χ0) is 15.0. The summed E-state index contributed by atoms with van der Waals surface area (Å²) in [5.41, 5.74) is 4.74. The average molecular weight is 286 g/mol. The first kappa shape index (κ1) is 14.1. The van der Waals surface area contributed by atoms with Gasteiger partial charge in [-0.15, -0.1) is 0 Å². The Bertz CT molecular complexity index is 653. The summed E-state index contributed by atoms with van der Waals surface area (Å²) < 4.78 is 11.0. The lowest BCUT2D eigenvalue weighted by molar-refractivity contribution is 0.392. The topological polar surface area (TPSA) is 47.3 Å². The Kier molecular flexibility index (Phi) is 3.49. The van der Waals surface area contributed by atoms with Crippen molar-refractivity contribution < 1.29 is 9.26 Å². The molecule has 1 N–H and O–H groups in total. The molecule has 2 aromatic rings. The minimum Gasteiger partial charge on any atom is -0.497 e. The van der Waals surface area contributed by atoms with Gasteiger partial charge in [-0.3, -0.25) is 0 Å². The molecule has 21 heavy (non-hydrogen) atoms. The van der Waals surface area contributed by atoms with Gasteiger partial charge in [-0.2, -0.15) is 0 Å². The molecule has 0 bridgehead atoms. The maximum atomic E-state index is 5.63. The maximum absolute atomic E-state index is 5.63. The van der Waals surface area contributed by atoms with E-state index in [0.29, 0.717) is 0 Å². The second kappa shape index (κ2) is 5.19. The highest BCUT2D eigenvalue weighted by atomic mass is 16.5. The van der Waals surface area contributed by atoms with Gasteiger partial charge in [-0.05, 0) is 51.3 Å². The molecular formula is C17H22N2O2. The Labute approximate surface area is 125 Å². The number of aryl methyl sites for hydroxylation is 1. The van der Waals surface area contributed by atoms with Crippen LogP contribution in [0.15, 0.2) is 22.7 Å². The van der Waals surface area contributed by atoms with Gasteiger partial charge in [-0.1, -0.05) is 11.2 Å². The van der Waals surface area contributed by atoms with Gasteiger partial charge in [0.2, 0.25) is 0 Å². The van der Waals surface area contributed by atoms with E-state index in [1.165, 1.54) is 11.1 Å². The van der Waals surface area contributed by atoms with Crippen LogP contribution < -0.4 is 10.1 Å². The van der Waals surface area contributed by atoms with Gasteiger partial charge >= 0.3 is 0 Å². The van der Waals surface area contributed by atoms with E-state index < -0.39 is 0 Å². The normalized spacial score (nSPS) is 13.7. The highest BCUT2D eigenvalue weighted by Crippen LogP contribution is 2.37. The number of ether oxygens (including phenoxy) is 1. The summed E-state index contributed by atoms with van der Waals surface area (Å²) in [6.07, 6.45) is 2.01. The van der Waals surface area contributed by atoms with Crippen LogP contribution in [0.5, 0.6) is 5.75 Å². The molecule has 0 radical (unpaired) electrons. The molecule has 4 heteroatoms. The maximum Gasteiger partial charge on any atom is 0.170 e. The average Bonchev–Trinajstić information content (AvgIpc) is 2.87. The van der Waals surface area contributed by atoms with Crippen LogP contribution in [0, 0.1) is 0 Å². The number of hydrogen-bond acceptors (Lipinski definition) is 4. The molecule has 3 rings (SSSR count). The molecule has 0 unspecified atom stereocenters. The lowest BCUT2D eigenvalue weighted by atomic mass is 9.89. The first-order chi connectivity index (χ1) is 9.98. The van der Waals surface area contributed by atoms with Crippen molar-refractivity contribution >= 4 is 0 Å². The van der Waals surface area contributed by atoms with E-state index in [1.54, 1.807) is 7.11 Å². The van der Waals surface area contributed by atoms with Crippen LogP contribution in [0.2, 0.25) is 0 Å². The van der Waals surface area contributed by atoms with Gasteiger partial charge in [0.05, 0.1) is 7.11 Å². The molecule has 4 nitrogen and oxygen atoms in total. The summed E-state index contributed by atoms with van der Waals surface area (Å²) in [5.74, 6) is 1.76. The van der Waals surface area contributed by atoms with Gasteiger partial charge < -0.3 is 14.6 Å². The third kappa shape index (κ3) is 2.81. The monoisotopic (exact) mass is 286 g/mol. The molecule has 0 amide bonds. The summed E-state index contributed by atoms with van der Waals surface area (Å²) in [6, 6.07) is 6.16. The number of benzene rings is 1. The number of aromatic nitrogens is 1. The smallest absolute Gasteiger partial charge is 0.170 e. The Hall–Kier alpha value is -1.81. The predicted molar refractivity (Wildman–Crippen MR) is 82.5 cm³/mol. The number of rotatable bonds is 3. The Morgan fingerprint density at radius 3 is 2.81 bits per heavy atom. The van der Waals surface area contributed by atoms with Crippen LogP contribution in [0.3, 0.4) is 0 Å². The van der Waals surface area contributed by atoms with Crippen molar-refractivity contribution in [2.45, 2.75) is 45.7 Å². The molecule has 0 saturated carbocycles. The number of nitrogens with zero attached hydrogens (tertiary/aromatic N) is 1. The summed E-state index contributed by atoms with van der Waals surface area (Å²) >= 11 is 0. The predicted octanol–water partition coefficient (Wildman–Crippen LogP) is 3.34. The van der Waals surface area contributed by atoms with Crippen LogP contribution in [-0.2, 0) is 19.4 Å². The minimum absolute atomic E-state index is 0.0711. The lowest BCUT2D eigenvalue weighted by Gasteiger charge is -2.20. The van der Waals surface area contributed by atoms with Gasteiger partial charge in [0, 0.05) is 23.2 Å². The quantitative estimate of drug-likeness (QED) is 0.940. The fourth-order valence-corrected chi connectivity index (χ4v) is 2.67. The summed E-state index contributed by atoms with van der Waals surface area (Å²) in [4.78, 5) is 0. The second-order valence-electron chi connectivity index (χ2n) is 6.56. The van der Waals surface area contributed by atoms with Gasteiger partial charge in [0.25, 0.3) is 0 Å².